The highest BCUT2D eigenvalue weighted by molar-refractivity contribution is 5.98. The van der Waals surface area contributed by atoms with Gasteiger partial charge in [-0.05, 0) is 37.6 Å². The minimum atomic E-state index is -0.0350. The predicted octanol–water partition coefficient (Wildman–Crippen LogP) is 2.78. The molecule has 1 aliphatic rings. The number of rotatable bonds is 5. The molecule has 33 heavy (non-hydrogen) atoms. The summed E-state index contributed by atoms with van der Waals surface area (Å²) in [6, 6.07) is 13.2. The molecule has 0 bridgehead atoms. The van der Waals surface area contributed by atoms with Gasteiger partial charge < -0.3 is 9.80 Å². The summed E-state index contributed by atoms with van der Waals surface area (Å²) in [5.74, 6) is 1.43. The fourth-order valence-electron chi connectivity index (χ4n) is 4.05. The van der Waals surface area contributed by atoms with Gasteiger partial charge in [0.2, 0.25) is 5.91 Å². The zero-order valence-corrected chi connectivity index (χ0v) is 19.3. The van der Waals surface area contributed by atoms with Crippen molar-refractivity contribution in [1.29, 1.82) is 0 Å². The van der Waals surface area contributed by atoms with Gasteiger partial charge in [0.15, 0.2) is 0 Å². The van der Waals surface area contributed by atoms with Crippen molar-refractivity contribution >= 4 is 23.5 Å². The third kappa shape index (κ3) is 4.72. The molecule has 1 aromatic carbocycles. The van der Waals surface area contributed by atoms with Crippen LogP contribution >= 0.6 is 0 Å². The van der Waals surface area contributed by atoms with Gasteiger partial charge in [-0.25, -0.2) is 4.98 Å². The van der Waals surface area contributed by atoms with E-state index >= 15 is 0 Å². The summed E-state index contributed by atoms with van der Waals surface area (Å²) in [6.07, 6.45) is 4.43. The number of hydrogen-bond donors (Lipinski definition) is 0. The van der Waals surface area contributed by atoms with Crippen molar-refractivity contribution in [3.8, 4) is 5.69 Å². The van der Waals surface area contributed by atoms with E-state index in [1.165, 1.54) is 4.80 Å². The first kappa shape index (κ1) is 22.4. The molecule has 1 atom stereocenters. The summed E-state index contributed by atoms with van der Waals surface area (Å²) >= 11 is 0. The van der Waals surface area contributed by atoms with Crippen LogP contribution in [0.25, 0.3) is 5.69 Å². The monoisotopic (exact) mass is 447 g/mol. The number of anilines is 2. The minimum Gasteiger partial charge on any atom is -0.355 e. The second-order valence-corrected chi connectivity index (χ2v) is 8.12. The molecule has 4 rings (SSSR count). The standard InChI is InChI=1S/C24H29N7O2/c1-4-23(32)28(3)21-10-7-11-22(27-21)29-15-12-18(2)30(17-16-29)24(33)19-8-5-6-9-20(19)31-25-13-14-26-31/h5-11,13-14,18H,4,12,15-17H2,1-3H3/t18-/m1/s1. The SMILES string of the molecule is CCC(=O)N(C)c1cccc(N2CC[C@@H](C)N(C(=O)c3ccccc3-n3nccn3)CC2)n1. The molecule has 3 aromatic rings. The maximum absolute atomic E-state index is 13.6. The maximum atomic E-state index is 13.6. The number of amides is 2. The smallest absolute Gasteiger partial charge is 0.256 e. The van der Waals surface area contributed by atoms with Gasteiger partial charge in [0.05, 0.1) is 23.6 Å². The third-order valence-corrected chi connectivity index (χ3v) is 6.05. The summed E-state index contributed by atoms with van der Waals surface area (Å²) in [7, 11) is 1.74. The molecule has 1 aliphatic heterocycles. The summed E-state index contributed by atoms with van der Waals surface area (Å²) in [6.45, 7) is 5.91. The molecular formula is C24H29N7O2. The Morgan fingerprint density at radius 3 is 2.55 bits per heavy atom. The lowest BCUT2D eigenvalue weighted by atomic mass is 10.1. The Labute approximate surface area is 193 Å². The lowest BCUT2D eigenvalue weighted by molar-refractivity contribution is -0.118. The van der Waals surface area contributed by atoms with Crippen LogP contribution in [-0.2, 0) is 4.79 Å². The Kier molecular flexibility index (Phi) is 6.67. The van der Waals surface area contributed by atoms with Crippen molar-refractivity contribution in [1.82, 2.24) is 24.9 Å². The summed E-state index contributed by atoms with van der Waals surface area (Å²) in [5.41, 5.74) is 1.24. The van der Waals surface area contributed by atoms with Crippen molar-refractivity contribution < 1.29 is 9.59 Å². The lowest BCUT2D eigenvalue weighted by Gasteiger charge is -2.27. The number of carbonyl (C=O) groups is 2. The second kappa shape index (κ2) is 9.81. The molecule has 0 aliphatic carbocycles. The summed E-state index contributed by atoms with van der Waals surface area (Å²) in [4.78, 5) is 37.5. The van der Waals surface area contributed by atoms with E-state index in [4.69, 9.17) is 4.98 Å². The van der Waals surface area contributed by atoms with Crippen LogP contribution in [0.3, 0.4) is 0 Å². The Hall–Kier alpha value is -3.75. The normalized spacial score (nSPS) is 16.4. The Balaban J connectivity index is 1.53. The molecule has 172 valence electrons. The molecule has 1 fully saturated rings. The third-order valence-electron chi connectivity index (χ3n) is 6.05. The van der Waals surface area contributed by atoms with E-state index in [-0.39, 0.29) is 17.9 Å². The van der Waals surface area contributed by atoms with E-state index in [2.05, 4.69) is 22.0 Å². The van der Waals surface area contributed by atoms with Crippen LogP contribution in [0.15, 0.2) is 54.9 Å². The Morgan fingerprint density at radius 2 is 1.79 bits per heavy atom. The van der Waals surface area contributed by atoms with E-state index in [0.717, 1.165) is 18.8 Å². The van der Waals surface area contributed by atoms with Gasteiger partial charge in [-0.1, -0.05) is 25.1 Å². The average molecular weight is 448 g/mol. The number of benzene rings is 1. The van der Waals surface area contributed by atoms with Gasteiger partial charge in [0.25, 0.3) is 5.91 Å². The molecular weight excluding hydrogens is 418 g/mol. The average Bonchev–Trinajstić information content (AvgIpc) is 3.32. The number of nitrogens with zero attached hydrogens (tertiary/aromatic N) is 7. The first-order chi connectivity index (χ1) is 16.0. The molecule has 0 radical (unpaired) electrons. The Bertz CT molecular complexity index is 1120. The molecule has 1 saturated heterocycles. The fourth-order valence-corrected chi connectivity index (χ4v) is 4.05. The Morgan fingerprint density at radius 1 is 1.03 bits per heavy atom. The van der Waals surface area contributed by atoms with Crippen molar-refractivity contribution in [3.63, 3.8) is 0 Å². The van der Waals surface area contributed by atoms with E-state index in [0.29, 0.717) is 36.6 Å². The highest BCUT2D eigenvalue weighted by Crippen LogP contribution is 2.23. The van der Waals surface area contributed by atoms with Crippen LogP contribution in [0.2, 0.25) is 0 Å². The molecule has 2 aromatic heterocycles. The van der Waals surface area contributed by atoms with Crippen LogP contribution in [0.4, 0.5) is 11.6 Å². The number of pyridine rings is 1. The van der Waals surface area contributed by atoms with Gasteiger partial charge in [-0.3, -0.25) is 14.5 Å². The molecule has 9 heteroatoms. The fraction of sp³-hybridized carbons (Fsp3) is 0.375. The van der Waals surface area contributed by atoms with E-state index in [1.54, 1.807) is 24.3 Å². The molecule has 0 saturated carbocycles. The molecule has 0 spiro atoms. The molecule has 0 unspecified atom stereocenters. The van der Waals surface area contributed by atoms with Crippen molar-refractivity contribution in [3.05, 3.63) is 60.4 Å². The van der Waals surface area contributed by atoms with Crippen molar-refractivity contribution in [2.45, 2.75) is 32.7 Å². The second-order valence-electron chi connectivity index (χ2n) is 8.12. The van der Waals surface area contributed by atoms with Crippen molar-refractivity contribution in [2.75, 3.05) is 36.5 Å². The first-order valence-corrected chi connectivity index (χ1v) is 11.2. The van der Waals surface area contributed by atoms with E-state index in [9.17, 15) is 9.59 Å². The molecule has 0 N–H and O–H groups in total. The summed E-state index contributed by atoms with van der Waals surface area (Å²) in [5, 5.41) is 8.39. The largest absolute Gasteiger partial charge is 0.355 e. The molecule has 3 heterocycles. The number of carbonyl (C=O) groups excluding carboxylic acids is 2. The van der Waals surface area contributed by atoms with Crippen LogP contribution in [0, 0.1) is 0 Å². The van der Waals surface area contributed by atoms with Gasteiger partial charge in [0.1, 0.15) is 11.6 Å². The van der Waals surface area contributed by atoms with Crippen LogP contribution < -0.4 is 9.80 Å². The van der Waals surface area contributed by atoms with Crippen molar-refractivity contribution in [2.24, 2.45) is 0 Å². The minimum absolute atomic E-state index is 0.0197. The highest BCUT2D eigenvalue weighted by Gasteiger charge is 2.28. The number of para-hydroxylation sites is 1. The first-order valence-electron chi connectivity index (χ1n) is 11.2. The van der Waals surface area contributed by atoms with Gasteiger partial charge in [0, 0.05) is 39.1 Å². The maximum Gasteiger partial charge on any atom is 0.256 e. The summed E-state index contributed by atoms with van der Waals surface area (Å²) < 4.78 is 0. The predicted molar refractivity (Wildman–Crippen MR) is 127 cm³/mol. The van der Waals surface area contributed by atoms with Crippen LogP contribution in [-0.4, -0.2) is 69.4 Å². The van der Waals surface area contributed by atoms with Gasteiger partial charge >= 0.3 is 0 Å². The topological polar surface area (TPSA) is 87.5 Å². The lowest BCUT2D eigenvalue weighted by Crippen LogP contribution is -2.40. The molecule has 2 amide bonds. The van der Waals surface area contributed by atoms with Crippen LogP contribution in [0.1, 0.15) is 37.0 Å². The zero-order valence-electron chi connectivity index (χ0n) is 19.3. The highest BCUT2D eigenvalue weighted by atomic mass is 16.2. The van der Waals surface area contributed by atoms with Gasteiger partial charge in [-0.2, -0.15) is 15.0 Å². The number of hydrogen-bond acceptors (Lipinski definition) is 6. The van der Waals surface area contributed by atoms with E-state index < -0.39 is 0 Å². The number of aromatic nitrogens is 4. The van der Waals surface area contributed by atoms with Crippen LogP contribution in [0.5, 0.6) is 0 Å². The molecule has 9 nitrogen and oxygen atoms in total. The quantitative estimate of drug-likeness (QED) is 0.598. The van der Waals surface area contributed by atoms with Gasteiger partial charge in [-0.15, -0.1) is 0 Å². The van der Waals surface area contributed by atoms with E-state index in [1.807, 2.05) is 54.3 Å². The zero-order chi connectivity index (χ0) is 23.4.